The second kappa shape index (κ2) is 2.94. The van der Waals surface area contributed by atoms with Crippen LogP contribution in [0.5, 0.6) is 0 Å². The summed E-state index contributed by atoms with van der Waals surface area (Å²) in [4.78, 5) is 11.6. The van der Waals surface area contributed by atoms with Crippen LogP contribution in [0.15, 0.2) is 11.1 Å². The molecule has 1 amide bonds. The van der Waals surface area contributed by atoms with E-state index in [9.17, 15) is 4.79 Å². The van der Waals surface area contributed by atoms with Gasteiger partial charge in [-0.25, -0.2) is 0 Å². The van der Waals surface area contributed by atoms with Crippen LogP contribution in [0, 0.1) is 0 Å². The van der Waals surface area contributed by atoms with Gasteiger partial charge in [0.05, 0.1) is 0 Å². The van der Waals surface area contributed by atoms with E-state index >= 15 is 0 Å². The van der Waals surface area contributed by atoms with Crippen LogP contribution in [-0.4, -0.2) is 10.4 Å². The van der Waals surface area contributed by atoms with Crippen LogP contribution in [0.3, 0.4) is 0 Å². The molecule has 0 aromatic carbocycles. The van der Waals surface area contributed by atoms with Gasteiger partial charge in [0.25, 0.3) is 0 Å². The molecular weight excluding hydrogens is 150 g/mol. The Hall–Kier alpha value is -0.680. The first-order valence-corrected chi connectivity index (χ1v) is 3.64. The molecule has 0 unspecified atom stereocenters. The number of rotatable bonds is 1. The van der Waals surface area contributed by atoms with Gasteiger partial charge >= 0.3 is 0 Å². The van der Waals surface area contributed by atoms with Crippen LogP contribution in [0.2, 0.25) is 0 Å². The maximum Gasteiger partial charge on any atom is 0.233 e. The molecule has 1 heterocycles. The zero-order valence-corrected chi connectivity index (χ0v) is 6.66. The quantitative estimate of drug-likeness (QED) is 0.542. The van der Waals surface area contributed by atoms with E-state index in [-0.39, 0.29) is 5.91 Å². The topological polar surface area (TPSA) is 44.4 Å². The first-order valence-electron chi connectivity index (χ1n) is 2.87. The minimum atomic E-state index is -0.0805. The number of allylic oxidation sites excluding steroid dienone is 1. The Morgan fingerprint density at radius 2 is 2.60 bits per heavy atom. The van der Waals surface area contributed by atoms with Crippen molar-refractivity contribution in [2.45, 2.75) is 13.8 Å². The van der Waals surface area contributed by atoms with Crippen molar-refractivity contribution in [2.24, 2.45) is 0 Å². The van der Waals surface area contributed by atoms with Crippen LogP contribution in [0.25, 0.3) is 0 Å². The van der Waals surface area contributed by atoms with Crippen LogP contribution in [0.4, 0.5) is 0 Å². The van der Waals surface area contributed by atoms with Crippen molar-refractivity contribution in [1.82, 2.24) is 15.4 Å². The summed E-state index contributed by atoms with van der Waals surface area (Å²) < 4.78 is 1.55. The van der Waals surface area contributed by atoms with E-state index in [4.69, 9.17) is 0 Å². The van der Waals surface area contributed by atoms with Gasteiger partial charge in [0, 0.05) is 18.0 Å². The Bertz CT molecular complexity index is 180. The van der Waals surface area contributed by atoms with Crippen molar-refractivity contribution in [3.63, 3.8) is 0 Å². The van der Waals surface area contributed by atoms with Gasteiger partial charge in [-0.2, -0.15) is 0 Å². The minimum absolute atomic E-state index is 0.0805. The molecule has 10 heavy (non-hydrogen) atoms. The van der Waals surface area contributed by atoms with Gasteiger partial charge in [-0.3, -0.25) is 15.6 Å². The normalized spacial score (nSPS) is 18.0. The van der Waals surface area contributed by atoms with Gasteiger partial charge in [-0.1, -0.05) is 4.52 Å². The average Bonchev–Trinajstić information content (AvgIpc) is 2.13. The number of nitrogens with zero attached hydrogens (tertiary/aromatic N) is 1. The second-order valence-corrected chi connectivity index (χ2v) is 3.13. The molecule has 1 aliphatic rings. The van der Waals surface area contributed by atoms with Crippen LogP contribution < -0.4 is 10.9 Å². The number of nitrogens with one attached hydrogen (secondary N) is 2. The summed E-state index contributed by atoms with van der Waals surface area (Å²) in [5.41, 5.74) is 5.41. The third kappa shape index (κ3) is 1.93. The third-order valence-corrected chi connectivity index (χ3v) is 1.66. The summed E-state index contributed by atoms with van der Waals surface area (Å²) in [7, 11) is 0. The zero-order valence-electron chi connectivity index (χ0n) is 5.84. The number of hydrogen-bond donors (Lipinski definition) is 2. The highest BCUT2D eigenvalue weighted by molar-refractivity contribution is 8.00. The Labute approximate surface area is 63.7 Å². The molecule has 0 saturated carbocycles. The summed E-state index contributed by atoms with van der Waals surface area (Å²) in [6.45, 7) is 3.43. The van der Waals surface area contributed by atoms with E-state index in [2.05, 4.69) is 10.9 Å². The van der Waals surface area contributed by atoms with Crippen LogP contribution in [0.1, 0.15) is 13.8 Å². The highest BCUT2D eigenvalue weighted by atomic mass is 32.2. The molecular formula is C5H9N3OS. The third-order valence-electron chi connectivity index (χ3n) is 0.879. The SMILES string of the molecule is CC(=O)NN1NC=C(C)S1. The molecule has 0 spiro atoms. The maximum absolute atomic E-state index is 10.5. The van der Waals surface area contributed by atoms with Crippen molar-refractivity contribution < 1.29 is 4.79 Å². The fraction of sp³-hybridized carbons (Fsp3) is 0.400. The highest BCUT2D eigenvalue weighted by Gasteiger charge is 2.11. The molecule has 1 aliphatic heterocycles. The Kier molecular flexibility index (Phi) is 2.18. The first-order chi connectivity index (χ1) is 4.68. The lowest BCUT2D eigenvalue weighted by Crippen LogP contribution is -2.40. The molecule has 56 valence electrons. The standard InChI is InChI=1S/C5H9N3OS/c1-4-3-6-8(10-4)7-5(2)9/h3,6H,1-2H3,(H,7,9). The van der Waals surface area contributed by atoms with Gasteiger partial charge < -0.3 is 0 Å². The molecule has 0 fully saturated rings. The molecule has 1 rings (SSSR count). The van der Waals surface area contributed by atoms with Crippen LogP contribution in [-0.2, 0) is 4.79 Å². The molecule has 0 saturated heterocycles. The number of hydrogen-bond acceptors (Lipinski definition) is 4. The fourth-order valence-electron chi connectivity index (χ4n) is 0.544. The lowest BCUT2D eigenvalue weighted by atomic mass is 10.7. The Morgan fingerprint density at radius 3 is 3.00 bits per heavy atom. The van der Waals surface area contributed by atoms with Crippen molar-refractivity contribution >= 4 is 17.9 Å². The second-order valence-electron chi connectivity index (χ2n) is 1.94. The molecule has 4 nitrogen and oxygen atoms in total. The smallest absolute Gasteiger partial charge is 0.233 e. The van der Waals surface area contributed by atoms with Gasteiger partial charge in [-0.15, -0.1) is 0 Å². The van der Waals surface area contributed by atoms with Crippen LogP contribution >= 0.6 is 11.9 Å². The lowest BCUT2D eigenvalue weighted by Gasteiger charge is -2.13. The molecule has 0 aliphatic carbocycles. The van der Waals surface area contributed by atoms with Crippen molar-refractivity contribution in [3.8, 4) is 0 Å². The first kappa shape index (κ1) is 7.43. The average molecular weight is 159 g/mol. The number of amides is 1. The van der Waals surface area contributed by atoms with E-state index in [1.54, 1.807) is 4.52 Å². The Balaban J connectivity index is 2.29. The number of hydrazine groups is 2. The van der Waals surface area contributed by atoms with Crippen molar-refractivity contribution in [1.29, 1.82) is 0 Å². The monoisotopic (exact) mass is 159 g/mol. The lowest BCUT2D eigenvalue weighted by molar-refractivity contribution is -0.122. The fourth-order valence-corrected chi connectivity index (χ4v) is 1.22. The molecule has 0 aromatic heterocycles. The molecule has 0 radical (unpaired) electrons. The summed E-state index contributed by atoms with van der Waals surface area (Å²) in [5.74, 6) is -0.0805. The summed E-state index contributed by atoms with van der Waals surface area (Å²) in [6.07, 6.45) is 1.82. The predicted octanol–water partition coefficient (Wildman–Crippen LogP) is 0.367. The van der Waals surface area contributed by atoms with E-state index in [0.717, 1.165) is 4.91 Å². The van der Waals surface area contributed by atoms with Gasteiger partial charge in [0.15, 0.2) is 0 Å². The molecule has 0 aromatic rings. The van der Waals surface area contributed by atoms with E-state index in [0.29, 0.717) is 0 Å². The maximum atomic E-state index is 10.5. The molecule has 0 bridgehead atoms. The molecule has 5 heteroatoms. The highest BCUT2D eigenvalue weighted by Crippen LogP contribution is 2.20. The number of carbonyl (C=O) groups excluding carboxylic acids is 1. The summed E-state index contributed by atoms with van der Waals surface area (Å²) in [6, 6.07) is 0. The predicted molar refractivity (Wildman–Crippen MR) is 40.1 cm³/mol. The Morgan fingerprint density at radius 1 is 1.90 bits per heavy atom. The summed E-state index contributed by atoms with van der Waals surface area (Å²) >= 11 is 1.45. The van der Waals surface area contributed by atoms with E-state index in [1.165, 1.54) is 18.9 Å². The van der Waals surface area contributed by atoms with Gasteiger partial charge in [0.2, 0.25) is 5.91 Å². The largest absolute Gasteiger partial charge is 0.298 e. The molecule has 2 N–H and O–H groups in total. The van der Waals surface area contributed by atoms with E-state index in [1.807, 2.05) is 13.1 Å². The minimum Gasteiger partial charge on any atom is -0.298 e. The van der Waals surface area contributed by atoms with Gasteiger partial charge in [0.1, 0.15) is 0 Å². The van der Waals surface area contributed by atoms with Crippen molar-refractivity contribution in [3.05, 3.63) is 11.1 Å². The summed E-state index contributed by atoms with van der Waals surface area (Å²) in [5, 5.41) is 0. The van der Waals surface area contributed by atoms with E-state index < -0.39 is 0 Å². The number of carbonyl (C=O) groups is 1. The van der Waals surface area contributed by atoms with Crippen molar-refractivity contribution in [2.75, 3.05) is 0 Å². The molecule has 0 atom stereocenters. The zero-order chi connectivity index (χ0) is 7.56. The van der Waals surface area contributed by atoms with Gasteiger partial charge in [-0.05, 0) is 18.9 Å².